The van der Waals surface area contributed by atoms with E-state index in [1.54, 1.807) is 6.07 Å². The Bertz CT molecular complexity index is 453. The minimum Gasteiger partial charge on any atom is -0.465 e. The van der Waals surface area contributed by atoms with Gasteiger partial charge in [-0.2, -0.15) is 0 Å². The van der Waals surface area contributed by atoms with Crippen molar-refractivity contribution in [2.45, 2.75) is 25.9 Å². The minimum atomic E-state index is -0.282. The molecule has 5 heteroatoms. The third-order valence-electron chi connectivity index (χ3n) is 3.81. The number of likely N-dealkylation sites (tertiary alicyclic amines) is 1. The van der Waals surface area contributed by atoms with Crippen LogP contribution in [0.4, 0.5) is 0 Å². The van der Waals surface area contributed by atoms with Gasteiger partial charge in [0.1, 0.15) is 0 Å². The Morgan fingerprint density at radius 2 is 2.25 bits per heavy atom. The highest BCUT2D eigenvalue weighted by molar-refractivity contribution is 5.89. The number of piperidine rings is 1. The molecule has 1 heterocycles. The van der Waals surface area contributed by atoms with Gasteiger partial charge in [-0.05, 0) is 36.6 Å². The number of hydrogen-bond donors (Lipinski definition) is 1. The summed E-state index contributed by atoms with van der Waals surface area (Å²) in [5.74, 6) is 0.244. The second-order valence-electron chi connectivity index (χ2n) is 5.36. The Morgan fingerprint density at radius 3 is 2.90 bits per heavy atom. The van der Waals surface area contributed by atoms with Gasteiger partial charge >= 0.3 is 5.97 Å². The molecule has 1 aromatic carbocycles. The quantitative estimate of drug-likeness (QED) is 0.868. The maximum absolute atomic E-state index is 11.5. The molecule has 2 N–H and O–H groups in total. The summed E-state index contributed by atoms with van der Waals surface area (Å²) in [4.78, 5) is 13.9. The van der Waals surface area contributed by atoms with Gasteiger partial charge in [-0.3, -0.25) is 4.90 Å². The lowest BCUT2D eigenvalue weighted by atomic mass is 9.94. The average Bonchev–Trinajstić information content (AvgIpc) is 2.42. The number of nitrogens with two attached hydrogens (primary N) is 1. The van der Waals surface area contributed by atoms with Crippen LogP contribution in [-0.4, -0.2) is 37.1 Å². The molecule has 112 valence electrons. The number of carbonyl (C=O) groups excluding carboxylic acids is 1. The third-order valence-corrected chi connectivity index (χ3v) is 3.81. The fourth-order valence-electron chi connectivity index (χ4n) is 2.57. The first-order valence-corrected chi connectivity index (χ1v) is 6.75. The number of halogens is 1. The lowest BCUT2D eigenvalue weighted by Crippen LogP contribution is -2.45. The van der Waals surface area contributed by atoms with Crippen LogP contribution in [-0.2, 0) is 11.3 Å². The van der Waals surface area contributed by atoms with E-state index in [0.717, 1.165) is 31.6 Å². The van der Waals surface area contributed by atoms with Gasteiger partial charge in [0, 0.05) is 19.1 Å². The molecular weight excluding hydrogens is 276 g/mol. The molecule has 2 unspecified atom stereocenters. The molecule has 0 spiro atoms. The molecule has 0 aliphatic carbocycles. The van der Waals surface area contributed by atoms with E-state index in [0.29, 0.717) is 17.5 Å². The molecule has 4 nitrogen and oxygen atoms in total. The Labute approximate surface area is 126 Å². The summed E-state index contributed by atoms with van der Waals surface area (Å²) < 4.78 is 4.74. The summed E-state index contributed by atoms with van der Waals surface area (Å²) in [5, 5.41) is 0. The predicted octanol–water partition coefficient (Wildman–Crippen LogP) is 2.06. The molecule has 0 bridgehead atoms. The van der Waals surface area contributed by atoms with Gasteiger partial charge in [0.25, 0.3) is 0 Å². The van der Waals surface area contributed by atoms with Crippen LogP contribution in [0.25, 0.3) is 0 Å². The number of rotatable bonds is 3. The summed E-state index contributed by atoms with van der Waals surface area (Å²) in [6.45, 7) is 5.10. The molecule has 1 saturated heterocycles. The van der Waals surface area contributed by atoms with Gasteiger partial charge in [-0.1, -0.05) is 19.1 Å². The van der Waals surface area contributed by atoms with E-state index in [4.69, 9.17) is 10.5 Å². The van der Waals surface area contributed by atoms with Gasteiger partial charge in [-0.25, -0.2) is 4.79 Å². The first kappa shape index (κ1) is 17.0. The van der Waals surface area contributed by atoms with E-state index in [2.05, 4.69) is 11.8 Å². The van der Waals surface area contributed by atoms with Crippen molar-refractivity contribution in [2.24, 2.45) is 11.7 Å². The molecule has 20 heavy (non-hydrogen) atoms. The topological polar surface area (TPSA) is 55.6 Å². The minimum absolute atomic E-state index is 0. The van der Waals surface area contributed by atoms with E-state index in [9.17, 15) is 4.79 Å². The number of carbonyl (C=O) groups is 1. The van der Waals surface area contributed by atoms with Crippen molar-refractivity contribution in [1.82, 2.24) is 4.90 Å². The van der Waals surface area contributed by atoms with Crippen molar-refractivity contribution in [3.05, 3.63) is 35.4 Å². The molecular formula is C15H23ClN2O2. The first-order valence-electron chi connectivity index (χ1n) is 6.75. The fraction of sp³-hybridized carbons (Fsp3) is 0.533. The highest BCUT2D eigenvalue weighted by Gasteiger charge is 2.23. The monoisotopic (exact) mass is 298 g/mol. The van der Waals surface area contributed by atoms with Gasteiger partial charge in [0.15, 0.2) is 0 Å². The van der Waals surface area contributed by atoms with Gasteiger partial charge in [0.05, 0.1) is 12.7 Å². The van der Waals surface area contributed by atoms with Crippen molar-refractivity contribution in [2.75, 3.05) is 20.2 Å². The van der Waals surface area contributed by atoms with E-state index in [-0.39, 0.29) is 18.4 Å². The molecule has 1 aromatic rings. The zero-order valence-electron chi connectivity index (χ0n) is 12.0. The number of ether oxygens (including phenoxy) is 1. The summed E-state index contributed by atoms with van der Waals surface area (Å²) in [7, 11) is 1.41. The maximum Gasteiger partial charge on any atom is 0.337 e. The first-order chi connectivity index (χ1) is 9.10. The maximum atomic E-state index is 11.5. The fourth-order valence-corrected chi connectivity index (χ4v) is 2.57. The Hall–Kier alpha value is -1.10. The summed E-state index contributed by atoms with van der Waals surface area (Å²) >= 11 is 0. The molecule has 1 aliphatic rings. The van der Waals surface area contributed by atoms with Crippen LogP contribution in [0.3, 0.4) is 0 Å². The largest absolute Gasteiger partial charge is 0.465 e. The number of benzene rings is 1. The van der Waals surface area contributed by atoms with Crippen molar-refractivity contribution in [3.8, 4) is 0 Å². The zero-order valence-corrected chi connectivity index (χ0v) is 12.9. The number of hydrogen-bond acceptors (Lipinski definition) is 4. The van der Waals surface area contributed by atoms with Gasteiger partial charge in [-0.15, -0.1) is 12.4 Å². The Kier molecular flexibility index (Phi) is 6.46. The smallest absolute Gasteiger partial charge is 0.337 e. The second kappa shape index (κ2) is 7.62. The highest BCUT2D eigenvalue weighted by Crippen LogP contribution is 2.18. The normalized spacial score (nSPS) is 22.9. The van der Waals surface area contributed by atoms with Crippen molar-refractivity contribution in [3.63, 3.8) is 0 Å². The third kappa shape index (κ3) is 4.20. The predicted molar refractivity (Wildman–Crippen MR) is 82.1 cm³/mol. The van der Waals surface area contributed by atoms with Crippen LogP contribution in [0.1, 0.15) is 29.3 Å². The van der Waals surface area contributed by atoms with E-state index < -0.39 is 0 Å². The molecule has 0 saturated carbocycles. The van der Waals surface area contributed by atoms with Crippen molar-refractivity contribution >= 4 is 18.4 Å². The molecule has 0 amide bonds. The van der Waals surface area contributed by atoms with Crippen LogP contribution in [0.2, 0.25) is 0 Å². The molecule has 2 rings (SSSR count). The van der Waals surface area contributed by atoms with Crippen LogP contribution in [0, 0.1) is 5.92 Å². The molecule has 1 aliphatic heterocycles. The van der Waals surface area contributed by atoms with Crippen LogP contribution in [0.5, 0.6) is 0 Å². The van der Waals surface area contributed by atoms with Crippen LogP contribution in [0.15, 0.2) is 24.3 Å². The lowest BCUT2D eigenvalue weighted by molar-refractivity contribution is 0.0600. The van der Waals surface area contributed by atoms with E-state index in [1.807, 2.05) is 18.2 Å². The number of nitrogens with zero attached hydrogens (tertiary/aromatic N) is 1. The van der Waals surface area contributed by atoms with E-state index in [1.165, 1.54) is 7.11 Å². The second-order valence-corrected chi connectivity index (χ2v) is 5.36. The number of esters is 1. The highest BCUT2D eigenvalue weighted by atomic mass is 35.5. The SMILES string of the molecule is COC(=O)c1cccc(CN2CCC(N)C(C)C2)c1.Cl. The van der Waals surface area contributed by atoms with E-state index >= 15 is 0 Å². The molecule has 0 radical (unpaired) electrons. The van der Waals surface area contributed by atoms with Crippen LogP contribution < -0.4 is 5.73 Å². The zero-order chi connectivity index (χ0) is 13.8. The molecule has 2 atom stereocenters. The summed E-state index contributed by atoms with van der Waals surface area (Å²) in [5.41, 5.74) is 7.78. The molecule has 0 aromatic heterocycles. The van der Waals surface area contributed by atoms with Crippen molar-refractivity contribution in [1.29, 1.82) is 0 Å². The Balaban J connectivity index is 0.00000200. The molecule has 1 fully saturated rings. The number of methoxy groups -OCH3 is 1. The van der Waals surface area contributed by atoms with Crippen molar-refractivity contribution < 1.29 is 9.53 Å². The summed E-state index contributed by atoms with van der Waals surface area (Å²) in [6.07, 6.45) is 1.04. The van der Waals surface area contributed by atoms with Gasteiger partial charge in [0.2, 0.25) is 0 Å². The standard InChI is InChI=1S/C15H22N2O2.ClH/c1-11-9-17(7-6-14(11)16)10-12-4-3-5-13(8-12)15(18)19-2;/h3-5,8,11,14H,6-7,9-10,16H2,1-2H3;1H. The Morgan fingerprint density at radius 1 is 1.50 bits per heavy atom. The average molecular weight is 299 g/mol. The van der Waals surface area contributed by atoms with Gasteiger partial charge < -0.3 is 10.5 Å². The lowest BCUT2D eigenvalue weighted by Gasteiger charge is -2.35. The van der Waals surface area contributed by atoms with Crippen LogP contribution >= 0.6 is 12.4 Å². The summed E-state index contributed by atoms with van der Waals surface area (Å²) in [6, 6.07) is 7.96.